The molecule has 0 aromatic carbocycles. The van der Waals surface area contributed by atoms with Gasteiger partial charge < -0.3 is 15.1 Å². The van der Waals surface area contributed by atoms with Gasteiger partial charge in [0.2, 0.25) is 17.7 Å². The maximum Gasteiger partial charge on any atom is 0.226 e. The van der Waals surface area contributed by atoms with Crippen molar-refractivity contribution < 1.29 is 14.4 Å². The van der Waals surface area contributed by atoms with E-state index >= 15 is 0 Å². The molecule has 1 saturated carbocycles. The Kier molecular flexibility index (Phi) is 5.20. The molecule has 0 bridgehead atoms. The summed E-state index contributed by atoms with van der Waals surface area (Å²) in [5.41, 5.74) is 0. The van der Waals surface area contributed by atoms with Crippen LogP contribution in [0.2, 0.25) is 0 Å². The third kappa shape index (κ3) is 3.74. The summed E-state index contributed by atoms with van der Waals surface area (Å²) in [6.07, 6.45) is 4.14. The van der Waals surface area contributed by atoms with E-state index in [0.717, 1.165) is 25.7 Å². The van der Waals surface area contributed by atoms with Crippen LogP contribution in [0, 0.1) is 11.8 Å². The lowest BCUT2D eigenvalue weighted by atomic mass is 10.0. The molecule has 1 atom stereocenters. The average Bonchev–Trinajstić information content (AvgIpc) is 2.91. The van der Waals surface area contributed by atoms with Crippen LogP contribution in [0.25, 0.3) is 0 Å². The molecule has 0 spiro atoms. The van der Waals surface area contributed by atoms with Crippen LogP contribution in [0.4, 0.5) is 0 Å². The van der Waals surface area contributed by atoms with Gasteiger partial charge in [-0.05, 0) is 12.8 Å². The minimum Gasteiger partial charge on any atom is -0.359 e. The number of hydrogen-bond acceptors (Lipinski definition) is 3. The van der Waals surface area contributed by atoms with E-state index in [1.807, 2.05) is 0 Å². The molecule has 0 aromatic rings. The zero-order chi connectivity index (χ0) is 15.4. The number of hydrogen-bond donors (Lipinski definition) is 1. The number of carbonyl (C=O) groups excluding carboxylic acids is 3. The molecule has 1 aliphatic heterocycles. The summed E-state index contributed by atoms with van der Waals surface area (Å²) in [4.78, 5) is 39.7. The van der Waals surface area contributed by atoms with Crippen LogP contribution in [0.15, 0.2) is 0 Å². The number of carbonyl (C=O) groups is 3. The van der Waals surface area contributed by atoms with Crippen molar-refractivity contribution in [1.82, 2.24) is 15.1 Å². The van der Waals surface area contributed by atoms with Gasteiger partial charge in [-0.3, -0.25) is 14.4 Å². The first-order valence-corrected chi connectivity index (χ1v) is 7.78. The molecule has 1 unspecified atom stereocenters. The summed E-state index contributed by atoms with van der Waals surface area (Å²) in [7, 11) is 1.59. The Hall–Kier alpha value is -1.59. The van der Waals surface area contributed by atoms with E-state index in [4.69, 9.17) is 0 Å². The Labute approximate surface area is 125 Å². The van der Waals surface area contributed by atoms with Crippen molar-refractivity contribution in [2.45, 2.75) is 32.6 Å². The van der Waals surface area contributed by atoms with Crippen molar-refractivity contribution in [2.75, 3.05) is 33.2 Å². The molecular weight excluding hydrogens is 270 g/mol. The number of nitrogens with zero attached hydrogens (tertiary/aromatic N) is 2. The molecule has 118 valence electrons. The number of rotatable bonds is 2. The lowest BCUT2D eigenvalue weighted by molar-refractivity contribution is -0.136. The van der Waals surface area contributed by atoms with Gasteiger partial charge in [-0.15, -0.1) is 0 Å². The fraction of sp³-hybridized carbons (Fsp3) is 0.800. The van der Waals surface area contributed by atoms with Gasteiger partial charge in [0.1, 0.15) is 0 Å². The van der Waals surface area contributed by atoms with E-state index in [1.54, 1.807) is 16.8 Å². The fourth-order valence-corrected chi connectivity index (χ4v) is 3.30. The summed E-state index contributed by atoms with van der Waals surface area (Å²) >= 11 is 0. The van der Waals surface area contributed by atoms with Gasteiger partial charge in [-0.1, -0.05) is 12.8 Å². The lowest BCUT2D eigenvalue weighted by Crippen LogP contribution is -2.43. The molecule has 1 heterocycles. The van der Waals surface area contributed by atoms with Crippen LogP contribution in [0.5, 0.6) is 0 Å². The van der Waals surface area contributed by atoms with Gasteiger partial charge in [0.05, 0.1) is 5.92 Å². The highest BCUT2D eigenvalue weighted by Crippen LogP contribution is 2.27. The lowest BCUT2D eigenvalue weighted by Gasteiger charge is -2.25. The molecule has 6 nitrogen and oxygen atoms in total. The summed E-state index contributed by atoms with van der Waals surface area (Å²) in [5.74, 6) is -0.218. The quantitative estimate of drug-likeness (QED) is 0.793. The second kappa shape index (κ2) is 6.91. The summed E-state index contributed by atoms with van der Waals surface area (Å²) in [6.45, 7) is 3.36. The molecule has 0 radical (unpaired) electrons. The Morgan fingerprint density at radius 3 is 2.10 bits per heavy atom. The molecule has 1 N–H and O–H groups in total. The van der Waals surface area contributed by atoms with E-state index in [1.165, 1.54) is 6.92 Å². The summed E-state index contributed by atoms with van der Waals surface area (Å²) < 4.78 is 0. The summed E-state index contributed by atoms with van der Waals surface area (Å²) in [5, 5.41) is 2.64. The first-order chi connectivity index (χ1) is 10.0. The molecule has 1 saturated heterocycles. The Morgan fingerprint density at radius 2 is 1.52 bits per heavy atom. The molecule has 0 aromatic heterocycles. The van der Waals surface area contributed by atoms with Gasteiger partial charge in [0, 0.05) is 46.1 Å². The SMILES string of the molecule is CNC(=O)C1CN(C(C)=O)CCN(C(=O)C2CCCC2)C1. The molecule has 2 fully saturated rings. The Bertz CT molecular complexity index is 418. The van der Waals surface area contributed by atoms with Crippen LogP contribution in [-0.4, -0.2) is 60.7 Å². The smallest absolute Gasteiger partial charge is 0.226 e. The zero-order valence-electron chi connectivity index (χ0n) is 12.9. The third-order valence-corrected chi connectivity index (χ3v) is 4.60. The van der Waals surface area contributed by atoms with Crippen LogP contribution >= 0.6 is 0 Å². The normalized spacial score (nSPS) is 23.8. The first kappa shape index (κ1) is 15.8. The first-order valence-electron chi connectivity index (χ1n) is 7.78. The van der Waals surface area contributed by atoms with Gasteiger partial charge in [-0.2, -0.15) is 0 Å². The van der Waals surface area contributed by atoms with Crippen LogP contribution in [0.3, 0.4) is 0 Å². The van der Waals surface area contributed by atoms with E-state index in [2.05, 4.69) is 5.32 Å². The highest BCUT2D eigenvalue weighted by atomic mass is 16.2. The highest BCUT2D eigenvalue weighted by Gasteiger charge is 2.33. The molecule has 3 amide bonds. The van der Waals surface area contributed by atoms with E-state index in [0.29, 0.717) is 26.2 Å². The van der Waals surface area contributed by atoms with Crippen molar-refractivity contribution in [3.8, 4) is 0 Å². The highest BCUT2D eigenvalue weighted by molar-refractivity contribution is 5.83. The average molecular weight is 295 g/mol. The largest absolute Gasteiger partial charge is 0.359 e. The van der Waals surface area contributed by atoms with E-state index in [-0.39, 0.29) is 29.6 Å². The third-order valence-electron chi connectivity index (χ3n) is 4.60. The van der Waals surface area contributed by atoms with E-state index in [9.17, 15) is 14.4 Å². The monoisotopic (exact) mass is 295 g/mol. The van der Waals surface area contributed by atoms with Crippen molar-refractivity contribution in [3.05, 3.63) is 0 Å². The van der Waals surface area contributed by atoms with Gasteiger partial charge in [0.25, 0.3) is 0 Å². The Balaban J connectivity index is 2.09. The maximum absolute atomic E-state index is 12.6. The van der Waals surface area contributed by atoms with Crippen molar-refractivity contribution in [3.63, 3.8) is 0 Å². The molecule has 2 aliphatic rings. The Morgan fingerprint density at radius 1 is 0.952 bits per heavy atom. The molecule has 2 rings (SSSR count). The van der Waals surface area contributed by atoms with Gasteiger partial charge >= 0.3 is 0 Å². The van der Waals surface area contributed by atoms with Gasteiger partial charge in [0.15, 0.2) is 0 Å². The molecule has 6 heteroatoms. The van der Waals surface area contributed by atoms with Gasteiger partial charge in [-0.25, -0.2) is 0 Å². The van der Waals surface area contributed by atoms with E-state index < -0.39 is 0 Å². The predicted molar refractivity (Wildman–Crippen MR) is 78.3 cm³/mol. The van der Waals surface area contributed by atoms with Crippen molar-refractivity contribution in [2.24, 2.45) is 11.8 Å². The number of nitrogens with one attached hydrogen (secondary N) is 1. The summed E-state index contributed by atoms with van der Waals surface area (Å²) in [6, 6.07) is 0. The molecule has 21 heavy (non-hydrogen) atoms. The van der Waals surface area contributed by atoms with Crippen LogP contribution in [0.1, 0.15) is 32.6 Å². The van der Waals surface area contributed by atoms with Crippen molar-refractivity contribution in [1.29, 1.82) is 0 Å². The topological polar surface area (TPSA) is 69.7 Å². The fourth-order valence-electron chi connectivity index (χ4n) is 3.30. The minimum absolute atomic E-state index is 0.0425. The van der Waals surface area contributed by atoms with Crippen molar-refractivity contribution >= 4 is 17.7 Å². The second-order valence-corrected chi connectivity index (χ2v) is 6.04. The number of amides is 3. The predicted octanol–water partition coefficient (Wildman–Crippen LogP) is 0.230. The molecule has 1 aliphatic carbocycles. The van der Waals surface area contributed by atoms with Crippen LogP contribution < -0.4 is 5.32 Å². The second-order valence-electron chi connectivity index (χ2n) is 6.04. The minimum atomic E-state index is -0.341. The maximum atomic E-state index is 12.6. The standard InChI is InChI=1S/C15H25N3O3/c1-11(19)17-7-8-18(10-13(9-17)14(20)16-2)15(21)12-5-3-4-6-12/h12-13H,3-10H2,1-2H3,(H,16,20). The zero-order valence-corrected chi connectivity index (χ0v) is 12.9. The molecular formula is C15H25N3O3. The van der Waals surface area contributed by atoms with Crippen LogP contribution in [-0.2, 0) is 14.4 Å².